The molecule has 1 rings (SSSR count). The Kier molecular flexibility index (Phi) is 5.63. The third-order valence-corrected chi connectivity index (χ3v) is 3.65. The Hall–Kier alpha value is -1.06. The second-order valence-corrected chi connectivity index (χ2v) is 5.29. The van der Waals surface area contributed by atoms with Gasteiger partial charge in [0.2, 0.25) is 11.8 Å². The number of carbonyl (C=O) groups excluding carboxylic acids is 2. The van der Waals surface area contributed by atoms with Crippen LogP contribution in [-0.2, 0) is 9.59 Å². The van der Waals surface area contributed by atoms with Gasteiger partial charge in [-0.2, -0.15) is 0 Å². The predicted octanol–water partition coefficient (Wildman–Crippen LogP) is 1.75. The molecule has 1 aliphatic rings. The minimum Gasteiger partial charge on any atom is -0.343 e. The molecular weight excluding hydrogens is 228 g/mol. The van der Waals surface area contributed by atoms with Crippen LogP contribution in [0.5, 0.6) is 0 Å². The van der Waals surface area contributed by atoms with Gasteiger partial charge in [-0.05, 0) is 26.7 Å². The summed E-state index contributed by atoms with van der Waals surface area (Å²) < 4.78 is 0. The fraction of sp³-hybridized carbons (Fsp3) is 0.857. The Labute approximate surface area is 110 Å². The molecule has 1 saturated heterocycles. The summed E-state index contributed by atoms with van der Waals surface area (Å²) in [7, 11) is 0. The van der Waals surface area contributed by atoms with Gasteiger partial charge in [-0.25, -0.2) is 0 Å². The molecule has 1 heterocycles. The van der Waals surface area contributed by atoms with Gasteiger partial charge in [-0.15, -0.1) is 0 Å². The van der Waals surface area contributed by atoms with Crippen LogP contribution in [0.4, 0.5) is 0 Å². The van der Waals surface area contributed by atoms with Crippen LogP contribution in [0.1, 0.15) is 40.5 Å². The molecular formula is C14H26N2O2. The fourth-order valence-corrected chi connectivity index (χ4v) is 2.54. The van der Waals surface area contributed by atoms with E-state index in [0.717, 1.165) is 32.5 Å². The Bertz CT molecular complexity index is 298. The Morgan fingerprint density at radius 2 is 1.89 bits per heavy atom. The summed E-state index contributed by atoms with van der Waals surface area (Å²) in [5.41, 5.74) is 0. The van der Waals surface area contributed by atoms with Crippen molar-refractivity contribution in [1.82, 2.24) is 9.80 Å². The van der Waals surface area contributed by atoms with Crippen molar-refractivity contribution in [3.63, 3.8) is 0 Å². The molecule has 1 fully saturated rings. The SMILES string of the molecule is CCN(CC)C(=O)C1CCCN(C(=O)C(C)C)C1. The normalized spacial score (nSPS) is 20.1. The summed E-state index contributed by atoms with van der Waals surface area (Å²) in [5.74, 6) is 0.405. The first-order valence-corrected chi connectivity index (χ1v) is 7.08. The summed E-state index contributed by atoms with van der Waals surface area (Å²) in [6, 6.07) is 0. The lowest BCUT2D eigenvalue weighted by molar-refractivity contribution is -0.142. The standard InChI is InChI=1S/C14H26N2O2/c1-5-15(6-2)14(18)12-8-7-9-16(10-12)13(17)11(3)4/h11-12H,5-10H2,1-4H3. The van der Waals surface area contributed by atoms with E-state index in [1.165, 1.54) is 0 Å². The van der Waals surface area contributed by atoms with Crippen LogP contribution in [0.2, 0.25) is 0 Å². The number of piperidine rings is 1. The average Bonchev–Trinajstić information content (AvgIpc) is 2.39. The molecule has 104 valence electrons. The summed E-state index contributed by atoms with van der Waals surface area (Å²) in [4.78, 5) is 28.0. The highest BCUT2D eigenvalue weighted by Gasteiger charge is 2.30. The first-order valence-electron chi connectivity index (χ1n) is 7.08. The van der Waals surface area contributed by atoms with Gasteiger partial charge in [0.05, 0.1) is 5.92 Å². The third kappa shape index (κ3) is 3.47. The van der Waals surface area contributed by atoms with Crippen molar-refractivity contribution in [2.24, 2.45) is 11.8 Å². The number of hydrogen-bond acceptors (Lipinski definition) is 2. The molecule has 0 aromatic carbocycles. The first-order chi connectivity index (χ1) is 8.51. The minimum atomic E-state index is 0.00125. The van der Waals surface area contributed by atoms with Crippen molar-refractivity contribution in [3.8, 4) is 0 Å². The van der Waals surface area contributed by atoms with Crippen LogP contribution in [-0.4, -0.2) is 47.8 Å². The summed E-state index contributed by atoms with van der Waals surface area (Å²) in [5, 5.41) is 0. The number of nitrogens with zero attached hydrogens (tertiary/aromatic N) is 2. The Balaban J connectivity index is 2.63. The zero-order valence-corrected chi connectivity index (χ0v) is 12.1. The topological polar surface area (TPSA) is 40.6 Å². The van der Waals surface area contributed by atoms with E-state index in [9.17, 15) is 9.59 Å². The lowest BCUT2D eigenvalue weighted by Gasteiger charge is -2.35. The number of hydrogen-bond donors (Lipinski definition) is 0. The molecule has 0 radical (unpaired) electrons. The van der Waals surface area contributed by atoms with Gasteiger partial charge in [-0.1, -0.05) is 13.8 Å². The highest BCUT2D eigenvalue weighted by atomic mass is 16.2. The van der Waals surface area contributed by atoms with Crippen molar-refractivity contribution in [3.05, 3.63) is 0 Å². The minimum absolute atomic E-state index is 0.00125. The monoisotopic (exact) mass is 254 g/mol. The molecule has 2 amide bonds. The Morgan fingerprint density at radius 1 is 1.28 bits per heavy atom. The van der Waals surface area contributed by atoms with Gasteiger partial charge >= 0.3 is 0 Å². The maximum Gasteiger partial charge on any atom is 0.227 e. The first kappa shape index (κ1) is 15.0. The fourth-order valence-electron chi connectivity index (χ4n) is 2.54. The van der Waals surface area contributed by atoms with Gasteiger partial charge in [0.25, 0.3) is 0 Å². The molecule has 0 aliphatic carbocycles. The van der Waals surface area contributed by atoms with Crippen LogP contribution in [0, 0.1) is 11.8 Å². The zero-order chi connectivity index (χ0) is 13.7. The van der Waals surface area contributed by atoms with Crippen molar-refractivity contribution in [1.29, 1.82) is 0 Å². The molecule has 4 nitrogen and oxygen atoms in total. The van der Waals surface area contributed by atoms with E-state index in [2.05, 4.69) is 0 Å². The molecule has 0 aromatic heterocycles. The third-order valence-electron chi connectivity index (χ3n) is 3.65. The molecule has 0 saturated carbocycles. The molecule has 0 aromatic rings. The van der Waals surface area contributed by atoms with Crippen LogP contribution in [0.3, 0.4) is 0 Å². The van der Waals surface area contributed by atoms with Crippen molar-refractivity contribution >= 4 is 11.8 Å². The molecule has 1 atom stereocenters. The van der Waals surface area contributed by atoms with Gasteiger partial charge in [0.15, 0.2) is 0 Å². The predicted molar refractivity (Wildman–Crippen MR) is 72.1 cm³/mol. The smallest absolute Gasteiger partial charge is 0.227 e. The van der Waals surface area contributed by atoms with Gasteiger partial charge in [0.1, 0.15) is 0 Å². The lowest BCUT2D eigenvalue weighted by atomic mass is 9.95. The molecule has 0 spiro atoms. The van der Waals surface area contributed by atoms with Crippen molar-refractivity contribution in [2.75, 3.05) is 26.2 Å². The number of carbonyl (C=O) groups is 2. The van der Waals surface area contributed by atoms with Crippen LogP contribution < -0.4 is 0 Å². The molecule has 1 unspecified atom stereocenters. The second-order valence-electron chi connectivity index (χ2n) is 5.29. The van der Waals surface area contributed by atoms with Crippen LogP contribution >= 0.6 is 0 Å². The van der Waals surface area contributed by atoms with E-state index in [4.69, 9.17) is 0 Å². The highest BCUT2D eigenvalue weighted by Crippen LogP contribution is 2.20. The largest absolute Gasteiger partial charge is 0.343 e. The quantitative estimate of drug-likeness (QED) is 0.767. The van der Waals surface area contributed by atoms with E-state index < -0.39 is 0 Å². The van der Waals surface area contributed by atoms with Crippen LogP contribution in [0.15, 0.2) is 0 Å². The van der Waals surface area contributed by atoms with E-state index in [-0.39, 0.29) is 23.7 Å². The highest BCUT2D eigenvalue weighted by molar-refractivity contribution is 5.82. The molecule has 0 bridgehead atoms. The molecule has 18 heavy (non-hydrogen) atoms. The van der Waals surface area contributed by atoms with Crippen molar-refractivity contribution < 1.29 is 9.59 Å². The molecule has 4 heteroatoms. The van der Waals surface area contributed by atoms with Crippen LogP contribution in [0.25, 0.3) is 0 Å². The summed E-state index contributed by atoms with van der Waals surface area (Å²) in [6.07, 6.45) is 1.85. The zero-order valence-electron chi connectivity index (χ0n) is 12.1. The maximum atomic E-state index is 12.3. The van der Waals surface area contributed by atoms with Crippen molar-refractivity contribution in [2.45, 2.75) is 40.5 Å². The van der Waals surface area contributed by atoms with E-state index in [1.54, 1.807) is 0 Å². The van der Waals surface area contributed by atoms with Gasteiger partial charge in [0, 0.05) is 32.1 Å². The Morgan fingerprint density at radius 3 is 2.39 bits per heavy atom. The summed E-state index contributed by atoms with van der Waals surface area (Å²) in [6.45, 7) is 10.7. The van der Waals surface area contributed by atoms with E-state index in [0.29, 0.717) is 6.54 Å². The molecule has 1 aliphatic heterocycles. The summed E-state index contributed by atoms with van der Waals surface area (Å²) >= 11 is 0. The number of likely N-dealkylation sites (tertiary alicyclic amines) is 1. The maximum absolute atomic E-state index is 12.3. The second kappa shape index (κ2) is 6.76. The molecule has 0 N–H and O–H groups in total. The average molecular weight is 254 g/mol. The van der Waals surface area contributed by atoms with E-state index in [1.807, 2.05) is 37.5 Å². The number of amides is 2. The van der Waals surface area contributed by atoms with Gasteiger partial charge in [-0.3, -0.25) is 9.59 Å². The lowest BCUT2D eigenvalue weighted by Crippen LogP contribution is -2.47. The van der Waals surface area contributed by atoms with E-state index >= 15 is 0 Å². The number of rotatable bonds is 4. The van der Waals surface area contributed by atoms with Gasteiger partial charge < -0.3 is 9.80 Å².